The molecule has 1 aliphatic rings. The highest BCUT2D eigenvalue weighted by Gasteiger charge is 2.25. The lowest BCUT2D eigenvalue weighted by molar-refractivity contribution is 0.356. The van der Waals surface area contributed by atoms with Crippen LogP contribution in [0.4, 0.5) is 5.82 Å². The van der Waals surface area contributed by atoms with Crippen LogP contribution in [0.5, 0.6) is 11.5 Å². The zero-order valence-electron chi connectivity index (χ0n) is 17.2. The van der Waals surface area contributed by atoms with Gasteiger partial charge in [-0.25, -0.2) is 9.97 Å². The molecule has 0 saturated carbocycles. The lowest BCUT2D eigenvalue weighted by Crippen LogP contribution is -2.25. The summed E-state index contributed by atoms with van der Waals surface area (Å²) in [5.74, 6) is 2.54. The first-order valence-corrected chi connectivity index (χ1v) is 11.7. The molecule has 2 aromatic rings. The molecule has 3 rings (SSSR count). The summed E-state index contributed by atoms with van der Waals surface area (Å²) in [6.45, 7) is 1.68. The zero-order valence-corrected chi connectivity index (χ0v) is 18.1. The molecular weight excluding hydrogens is 409 g/mol. The van der Waals surface area contributed by atoms with E-state index in [1.54, 1.807) is 20.5 Å². The van der Waals surface area contributed by atoms with Crippen LogP contribution < -0.4 is 14.4 Å². The fraction of sp³-hybridized carbons (Fsp3) is 0.579. The average molecular weight is 435 g/mol. The van der Waals surface area contributed by atoms with Crippen molar-refractivity contribution in [2.75, 3.05) is 38.4 Å². The number of hydrogen-bond acceptors (Lipinski definition) is 8. The second kappa shape index (κ2) is 9.93. The Morgan fingerprint density at radius 3 is 2.53 bits per heavy atom. The molecule has 1 aliphatic heterocycles. The molecule has 1 aromatic carbocycles. The SMILES string of the molecule is COc1cc2ncnc(N3CCCC(CCCP(=O)(N=O)N=O)CC3)c2cc1OC. The first-order valence-electron chi connectivity index (χ1n) is 9.94. The summed E-state index contributed by atoms with van der Waals surface area (Å²) in [7, 11) is -0.579. The fourth-order valence-electron chi connectivity index (χ4n) is 3.97. The summed E-state index contributed by atoms with van der Waals surface area (Å²) < 4.78 is 22.5. The van der Waals surface area contributed by atoms with E-state index < -0.39 is 7.44 Å². The molecule has 11 heteroatoms. The number of fused-ring (bicyclic) bond motifs is 1. The van der Waals surface area contributed by atoms with Crippen LogP contribution in [0, 0.1) is 15.7 Å². The predicted molar refractivity (Wildman–Crippen MR) is 115 cm³/mol. The third-order valence-corrected chi connectivity index (χ3v) is 6.99. The molecule has 1 aromatic heterocycles. The number of anilines is 1. The summed E-state index contributed by atoms with van der Waals surface area (Å²) in [4.78, 5) is 37.1. The van der Waals surface area contributed by atoms with Crippen LogP contribution in [-0.2, 0) is 4.57 Å². The van der Waals surface area contributed by atoms with Gasteiger partial charge < -0.3 is 14.4 Å². The van der Waals surface area contributed by atoms with Gasteiger partial charge in [0.25, 0.3) is 0 Å². The van der Waals surface area contributed by atoms with Crippen molar-refractivity contribution < 1.29 is 14.0 Å². The Morgan fingerprint density at radius 2 is 1.83 bits per heavy atom. The molecule has 10 nitrogen and oxygen atoms in total. The van der Waals surface area contributed by atoms with Crippen molar-refractivity contribution in [3.63, 3.8) is 0 Å². The Kier molecular flexibility index (Phi) is 7.31. The minimum Gasteiger partial charge on any atom is -0.493 e. The van der Waals surface area contributed by atoms with Crippen LogP contribution in [0.15, 0.2) is 28.4 Å². The van der Waals surface area contributed by atoms with Gasteiger partial charge >= 0.3 is 7.44 Å². The number of methoxy groups -OCH3 is 2. The van der Waals surface area contributed by atoms with Gasteiger partial charge in [0.05, 0.1) is 19.7 Å². The molecular formula is C19H26N5O5P. The van der Waals surface area contributed by atoms with E-state index in [9.17, 15) is 14.4 Å². The first-order chi connectivity index (χ1) is 14.5. The van der Waals surface area contributed by atoms with Gasteiger partial charge in [0.2, 0.25) is 0 Å². The second-order valence-electron chi connectivity index (χ2n) is 7.40. The second-order valence-corrected chi connectivity index (χ2v) is 9.50. The molecule has 0 spiro atoms. The number of hydrogen-bond donors (Lipinski definition) is 0. The van der Waals surface area contributed by atoms with Crippen molar-refractivity contribution in [1.82, 2.24) is 9.97 Å². The third-order valence-electron chi connectivity index (χ3n) is 5.58. The molecule has 0 bridgehead atoms. The summed E-state index contributed by atoms with van der Waals surface area (Å²) in [5.41, 5.74) is 0.789. The number of benzene rings is 1. The summed E-state index contributed by atoms with van der Waals surface area (Å²) in [5, 5.41) is 0.906. The summed E-state index contributed by atoms with van der Waals surface area (Å²) in [6, 6.07) is 3.75. The summed E-state index contributed by atoms with van der Waals surface area (Å²) in [6.07, 6.45) is 5.75. The monoisotopic (exact) mass is 435 g/mol. The van der Waals surface area contributed by atoms with Crippen molar-refractivity contribution in [3.8, 4) is 11.5 Å². The van der Waals surface area contributed by atoms with Crippen molar-refractivity contribution in [1.29, 1.82) is 0 Å². The Labute approximate surface area is 174 Å². The number of rotatable bonds is 9. The van der Waals surface area contributed by atoms with Crippen LogP contribution in [0.2, 0.25) is 0 Å². The predicted octanol–water partition coefficient (Wildman–Crippen LogP) is 4.76. The fourth-order valence-corrected chi connectivity index (χ4v) is 4.76. The normalized spacial score (nSPS) is 17.4. The van der Waals surface area contributed by atoms with E-state index in [2.05, 4.69) is 24.8 Å². The topological polar surface area (TPSA) is 123 Å². The molecule has 162 valence electrons. The Balaban J connectivity index is 1.71. The van der Waals surface area contributed by atoms with Crippen molar-refractivity contribution >= 4 is 24.2 Å². The molecule has 30 heavy (non-hydrogen) atoms. The van der Waals surface area contributed by atoms with Gasteiger partial charge in [0.1, 0.15) is 12.1 Å². The van der Waals surface area contributed by atoms with Gasteiger partial charge in [0, 0.05) is 40.6 Å². The molecule has 0 N–H and O–H groups in total. The minimum atomic E-state index is -3.77. The van der Waals surface area contributed by atoms with Crippen LogP contribution in [-0.4, -0.2) is 43.4 Å². The standard InChI is InChI=1S/C19H26N5O5P/c1-28-17-11-15-16(12-18(17)29-2)20-13-21-19(15)24-8-3-5-14(7-9-24)6-4-10-30(27,22-25)23-26/h11-14H,3-10H2,1-2H3. The average Bonchev–Trinajstić information content (AvgIpc) is 3.03. The van der Waals surface area contributed by atoms with E-state index >= 15 is 0 Å². The Hall–Kier alpha value is -2.61. The molecule has 1 unspecified atom stereocenters. The van der Waals surface area contributed by atoms with E-state index in [1.165, 1.54) is 0 Å². The maximum Gasteiger partial charge on any atom is 0.374 e. The van der Waals surface area contributed by atoms with Crippen LogP contribution in [0.25, 0.3) is 10.9 Å². The highest BCUT2D eigenvalue weighted by molar-refractivity contribution is 7.60. The molecule has 1 fully saturated rings. The summed E-state index contributed by atoms with van der Waals surface area (Å²) >= 11 is 0. The van der Waals surface area contributed by atoms with E-state index in [0.29, 0.717) is 23.8 Å². The van der Waals surface area contributed by atoms with Gasteiger partial charge in [0.15, 0.2) is 11.5 Å². The van der Waals surface area contributed by atoms with Crippen LogP contribution in [0.1, 0.15) is 32.1 Å². The lowest BCUT2D eigenvalue weighted by Gasteiger charge is -2.23. The van der Waals surface area contributed by atoms with Crippen LogP contribution >= 0.6 is 7.44 Å². The van der Waals surface area contributed by atoms with E-state index in [-0.39, 0.29) is 6.16 Å². The molecule has 0 aliphatic carbocycles. The Morgan fingerprint density at radius 1 is 1.10 bits per heavy atom. The van der Waals surface area contributed by atoms with Gasteiger partial charge in [-0.2, -0.15) is 0 Å². The number of nitrogens with zero attached hydrogens (tertiary/aromatic N) is 5. The maximum atomic E-state index is 11.7. The lowest BCUT2D eigenvalue weighted by atomic mass is 9.96. The molecule has 2 heterocycles. The smallest absolute Gasteiger partial charge is 0.374 e. The maximum absolute atomic E-state index is 11.7. The zero-order chi connectivity index (χ0) is 21.6. The first kappa shape index (κ1) is 22.1. The molecule has 1 atom stereocenters. The molecule has 0 amide bonds. The van der Waals surface area contributed by atoms with Gasteiger partial charge in [-0.3, -0.25) is 4.57 Å². The van der Waals surface area contributed by atoms with E-state index in [1.807, 2.05) is 12.1 Å². The Bertz CT molecular complexity index is 944. The highest BCUT2D eigenvalue weighted by Crippen LogP contribution is 2.49. The van der Waals surface area contributed by atoms with Gasteiger partial charge in [-0.15, -0.1) is 9.81 Å². The highest BCUT2D eigenvalue weighted by atomic mass is 31.2. The van der Waals surface area contributed by atoms with E-state index in [0.717, 1.165) is 55.5 Å². The largest absolute Gasteiger partial charge is 0.493 e. The molecule has 0 radical (unpaired) electrons. The van der Waals surface area contributed by atoms with Crippen molar-refractivity contribution in [2.45, 2.75) is 32.1 Å². The number of aromatic nitrogens is 2. The minimum absolute atomic E-state index is 0.0433. The number of ether oxygens (including phenoxy) is 2. The molecule has 1 saturated heterocycles. The van der Waals surface area contributed by atoms with Crippen LogP contribution in [0.3, 0.4) is 0 Å². The van der Waals surface area contributed by atoms with Crippen molar-refractivity contribution in [3.05, 3.63) is 28.3 Å². The van der Waals surface area contributed by atoms with Gasteiger partial charge in [-0.05, 0) is 44.1 Å². The number of nitroso groups, excluding NO2 is 2. The third kappa shape index (κ3) is 4.92. The quantitative estimate of drug-likeness (QED) is 0.408. The van der Waals surface area contributed by atoms with E-state index in [4.69, 9.17) is 9.47 Å². The van der Waals surface area contributed by atoms with Gasteiger partial charge in [-0.1, -0.05) is 0 Å². The van der Waals surface area contributed by atoms with Crippen molar-refractivity contribution in [2.24, 2.45) is 15.8 Å².